The summed E-state index contributed by atoms with van der Waals surface area (Å²) in [5.41, 5.74) is 1.56. The average molecular weight is 302 g/mol. The molecule has 3 aromatic heterocycles. The molecule has 0 spiro atoms. The fourth-order valence-electron chi connectivity index (χ4n) is 2.32. The molecule has 0 aliphatic carbocycles. The molecule has 0 bridgehead atoms. The molecule has 3 aromatic rings. The van der Waals surface area contributed by atoms with E-state index in [9.17, 15) is 4.79 Å². The molecular weight excluding hydrogens is 288 g/mol. The zero-order valence-corrected chi connectivity index (χ0v) is 11.8. The summed E-state index contributed by atoms with van der Waals surface area (Å²) in [6.45, 7) is 0. The molecule has 0 aliphatic heterocycles. The number of fused-ring (bicyclic) bond motifs is 1. The molecule has 0 fully saturated rings. The maximum Gasteiger partial charge on any atom is 0.356 e. The monoisotopic (exact) mass is 302 g/mol. The molecule has 3 heterocycles. The Hall–Kier alpha value is -2.81. The molecule has 0 saturated heterocycles. The number of H-pyrrole nitrogens is 1. The second-order valence-corrected chi connectivity index (χ2v) is 4.73. The number of carboxylic acids is 1. The highest BCUT2D eigenvalue weighted by atomic mass is 16.5. The van der Waals surface area contributed by atoms with E-state index in [-0.39, 0.29) is 11.8 Å². The van der Waals surface area contributed by atoms with E-state index in [4.69, 9.17) is 9.84 Å². The van der Waals surface area contributed by atoms with Gasteiger partial charge >= 0.3 is 5.97 Å². The van der Waals surface area contributed by atoms with Crippen molar-refractivity contribution in [2.75, 3.05) is 7.11 Å². The van der Waals surface area contributed by atoms with Crippen LogP contribution in [0, 0.1) is 0 Å². The van der Waals surface area contributed by atoms with Crippen molar-refractivity contribution in [3.8, 4) is 0 Å². The number of methoxy groups -OCH3 is 1. The zero-order chi connectivity index (χ0) is 15.5. The van der Waals surface area contributed by atoms with Crippen molar-refractivity contribution in [2.45, 2.75) is 18.9 Å². The van der Waals surface area contributed by atoms with Gasteiger partial charge in [-0.15, -0.1) is 5.10 Å². The molecule has 0 amide bonds. The van der Waals surface area contributed by atoms with E-state index in [2.05, 4.69) is 25.6 Å². The second kappa shape index (κ2) is 5.90. The Balaban J connectivity index is 1.83. The number of ether oxygens (including phenoxy) is 1. The fraction of sp³-hybridized carbons (Fsp3) is 0.308. The predicted molar refractivity (Wildman–Crippen MR) is 74.4 cm³/mol. The van der Waals surface area contributed by atoms with Crippen LogP contribution in [0.25, 0.3) is 5.65 Å². The highest BCUT2D eigenvalue weighted by Gasteiger charge is 2.16. The smallest absolute Gasteiger partial charge is 0.356 e. The number of aromatic carboxylic acids is 1. The third kappa shape index (κ3) is 2.66. The van der Waals surface area contributed by atoms with Gasteiger partial charge in [-0.2, -0.15) is 0 Å². The molecule has 22 heavy (non-hydrogen) atoms. The number of aromatic nitrogens is 6. The van der Waals surface area contributed by atoms with Gasteiger partial charge in [-0.25, -0.2) is 14.9 Å². The van der Waals surface area contributed by atoms with E-state index in [1.165, 1.54) is 6.20 Å². The second-order valence-electron chi connectivity index (χ2n) is 4.73. The van der Waals surface area contributed by atoms with E-state index in [1.807, 2.05) is 12.1 Å². The van der Waals surface area contributed by atoms with Gasteiger partial charge in [0.25, 0.3) is 0 Å². The van der Waals surface area contributed by atoms with Gasteiger partial charge in [0, 0.05) is 19.0 Å². The summed E-state index contributed by atoms with van der Waals surface area (Å²) in [4.78, 5) is 15.1. The van der Waals surface area contributed by atoms with Gasteiger partial charge in [-0.05, 0) is 35.4 Å². The summed E-state index contributed by atoms with van der Waals surface area (Å²) in [5.74, 6) is -0.483. The molecule has 114 valence electrons. The van der Waals surface area contributed by atoms with Crippen molar-refractivity contribution in [2.24, 2.45) is 0 Å². The third-order valence-electron chi connectivity index (χ3n) is 3.41. The number of pyridine rings is 1. The first-order valence-corrected chi connectivity index (χ1v) is 6.65. The van der Waals surface area contributed by atoms with Crippen LogP contribution in [0.3, 0.4) is 0 Å². The molecular formula is C13H14N6O3. The van der Waals surface area contributed by atoms with Crippen molar-refractivity contribution in [3.63, 3.8) is 0 Å². The van der Waals surface area contributed by atoms with Crippen molar-refractivity contribution in [1.29, 1.82) is 0 Å². The number of imidazole rings is 1. The summed E-state index contributed by atoms with van der Waals surface area (Å²) in [6, 6.07) is 5.54. The van der Waals surface area contributed by atoms with Crippen molar-refractivity contribution in [3.05, 3.63) is 41.6 Å². The summed E-state index contributed by atoms with van der Waals surface area (Å²) in [5, 5.41) is 22.6. The van der Waals surface area contributed by atoms with Gasteiger partial charge in [-0.1, -0.05) is 6.07 Å². The number of carboxylic acid groups (broad SMARTS) is 1. The number of aromatic amines is 1. The van der Waals surface area contributed by atoms with E-state index >= 15 is 0 Å². The highest BCUT2D eigenvalue weighted by Crippen LogP contribution is 2.19. The predicted octanol–water partition coefficient (Wildman–Crippen LogP) is 0.866. The number of nitrogens with zero attached hydrogens (tertiary/aromatic N) is 5. The molecule has 3 rings (SSSR count). The van der Waals surface area contributed by atoms with Gasteiger partial charge in [0.2, 0.25) is 0 Å². The first-order valence-electron chi connectivity index (χ1n) is 6.65. The van der Waals surface area contributed by atoms with E-state index < -0.39 is 5.97 Å². The lowest BCUT2D eigenvalue weighted by atomic mass is 10.1. The van der Waals surface area contributed by atoms with Crippen LogP contribution in [0.1, 0.15) is 34.5 Å². The van der Waals surface area contributed by atoms with Crippen LogP contribution < -0.4 is 0 Å². The van der Waals surface area contributed by atoms with Gasteiger partial charge in [0.15, 0.2) is 11.5 Å². The third-order valence-corrected chi connectivity index (χ3v) is 3.41. The number of aryl methyl sites for hydroxylation is 1. The largest absolute Gasteiger partial charge is 0.476 e. The van der Waals surface area contributed by atoms with Crippen LogP contribution in [-0.2, 0) is 11.2 Å². The first-order chi connectivity index (χ1) is 10.7. The van der Waals surface area contributed by atoms with Crippen LogP contribution in [0.4, 0.5) is 0 Å². The molecule has 9 heteroatoms. The Morgan fingerprint density at radius 2 is 2.36 bits per heavy atom. The molecule has 9 nitrogen and oxygen atoms in total. The summed E-state index contributed by atoms with van der Waals surface area (Å²) >= 11 is 0. The van der Waals surface area contributed by atoms with Crippen LogP contribution in [0.5, 0.6) is 0 Å². The number of rotatable bonds is 6. The van der Waals surface area contributed by atoms with Crippen molar-refractivity contribution in [1.82, 2.24) is 30.0 Å². The van der Waals surface area contributed by atoms with Crippen LogP contribution in [0.15, 0.2) is 24.4 Å². The quantitative estimate of drug-likeness (QED) is 0.693. The van der Waals surface area contributed by atoms with E-state index in [0.717, 1.165) is 5.69 Å². The lowest BCUT2D eigenvalue weighted by Crippen LogP contribution is -2.07. The maximum atomic E-state index is 11.0. The summed E-state index contributed by atoms with van der Waals surface area (Å²) < 4.78 is 7.15. The van der Waals surface area contributed by atoms with Gasteiger partial charge in [0.1, 0.15) is 11.8 Å². The summed E-state index contributed by atoms with van der Waals surface area (Å²) in [7, 11) is 1.59. The zero-order valence-electron chi connectivity index (χ0n) is 11.8. The molecule has 0 aliphatic rings. The minimum Gasteiger partial charge on any atom is -0.476 e. The Bertz CT molecular complexity index is 782. The van der Waals surface area contributed by atoms with Gasteiger partial charge in [0.05, 0.1) is 0 Å². The molecule has 0 saturated carbocycles. The lowest BCUT2D eigenvalue weighted by Gasteiger charge is -2.12. The first kappa shape index (κ1) is 14.1. The van der Waals surface area contributed by atoms with Crippen LogP contribution in [-0.4, -0.2) is 48.2 Å². The SMILES string of the molecule is COC(CCc1cccc2nc(C(=O)O)cn12)c1nnn[nH]1. The minimum absolute atomic E-state index is 0.0233. The lowest BCUT2D eigenvalue weighted by molar-refractivity contribution is 0.0691. The van der Waals surface area contributed by atoms with Crippen LogP contribution >= 0.6 is 0 Å². The topological polar surface area (TPSA) is 118 Å². The van der Waals surface area contributed by atoms with Gasteiger partial charge < -0.3 is 14.2 Å². The average Bonchev–Trinajstić information content (AvgIpc) is 3.17. The Morgan fingerprint density at radius 1 is 1.50 bits per heavy atom. The van der Waals surface area contributed by atoms with E-state index in [0.29, 0.717) is 24.3 Å². The standard InChI is InChI=1S/C13H14N6O3/c1-22-10(12-15-17-18-16-12)6-5-8-3-2-4-11-14-9(13(20)21)7-19(8)11/h2-4,7,10H,5-6H2,1H3,(H,20,21)(H,15,16,17,18). The number of hydrogen-bond acceptors (Lipinski definition) is 6. The normalized spacial score (nSPS) is 12.6. The molecule has 1 unspecified atom stereocenters. The number of hydrogen-bond donors (Lipinski definition) is 2. The number of nitrogens with one attached hydrogen (secondary N) is 1. The molecule has 0 aromatic carbocycles. The Morgan fingerprint density at radius 3 is 3.05 bits per heavy atom. The van der Waals surface area contributed by atoms with Crippen LogP contribution in [0.2, 0.25) is 0 Å². The Kier molecular flexibility index (Phi) is 3.79. The molecule has 1 atom stereocenters. The number of tetrazole rings is 1. The Labute approximate surface area is 124 Å². The highest BCUT2D eigenvalue weighted by molar-refractivity contribution is 5.86. The van der Waals surface area contributed by atoms with Gasteiger partial charge in [-0.3, -0.25) is 0 Å². The fourth-order valence-corrected chi connectivity index (χ4v) is 2.32. The maximum absolute atomic E-state index is 11.0. The summed E-state index contributed by atoms with van der Waals surface area (Å²) in [6.07, 6.45) is 2.57. The van der Waals surface area contributed by atoms with Crippen molar-refractivity contribution >= 4 is 11.6 Å². The molecule has 0 radical (unpaired) electrons. The minimum atomic E-state index is -1.04. The molecule has 2 N–H and O–H groups in total. The number of carbonyl (C=O) groups is 1. The van der Waals surface area contributed by atoms with Crippen molar-refractivity contribution < 1.29 is 14.6 Å². The van der Waals surface area contributed by atoms with E-state index in [1.54, 1.807) is 17.6 Å².